The van der Waals surface area contributed by atoms with Crippen LogP contribution in [0.25, 0.3) is 0 Å². The number of thioether (sulfide) groups is 2. The van der Waals surface area contributed by atoms with Gasteiger partial charge in [0.05, 0.1) is 9.49 Å². The number of carboxylic acid groups (broad SMARTS) is 2. The van der Waals surface area contributed by atoms with Crippen LogP contribution < -0.4 is 20.1 Å². The fourth-order valence-electron chi connectivity index (χ4n) is 6.47. The Kier molecular flexibility index (Phi) is 29.1. The van der Waals surface area contributed by atoms with Crippen LogP contribution in [0.15, 0.2) is 94.7 Å². The average molecular weight is 983 g/mol. The number of benzene rings is 4. The molecule has 4 aromatic carbocycles. The summed E-state index contributed by atoms with van der Waals surface area (Å²) in [5.74, 6) is -0.501. The van der Waals surface area contributed by atoms with Crippen LogP contribution in [0.3, 0.4) is 0 Å². The van der Waals surface area contributed by atoms with Crippen LogP contribution in [-0.4, -0.2) is 90.8 Å². The molecule has 0 spiro atoms. The van der Waals surface area contributed by atoms with Crippen molar-refractivity contribution in [3.8, 4) is 23.0 Å². The average Bonchev–Trinajstić information content (AvgIpc) is 3.82. The van der Waals surface area contributed by atoms with Gasteiger partial charge in [0.2, 0.25) is 0 Å². The van der Waals surface area contributed by atoms with Crippen molar-refractivity contribution >= 4 is 47.0 Å². The number of nitrogens with one attached hydrogen (secondary N) is 2. The van der Waals surface area contributed by atoms with Crippen molar-refractivity contribution in [1.82, 2.24) is 10.6 Å². The van der Waals surface area contributed by atoms with Gasteiger partial charge in [-0.3, -0.25) is 9.59 Å². The summed E-state index contributed by atoms with van der Waals surface area (Å²) in [5.41, 5.74) is 5.79. The van der Waals surface area contributed by atoms with Gasteiger partial charge in [-0.15, -0.1) is 23.5 Å². The summed E-state index contributed by atoms with van der Waals surface area (Å²) in [7, 11) is 0. The quantitative estimate of drug-likeness (QED) is 0.0581. The van der Waals surface area contributed by atoms with E-state index in [1.165, 1.54) is 94.4 Å². The van der Waals surface area contributed by atoms with Crippen molar-refractivity contribution in [1.29, 1.82) is 0 Å². The molecule has 4 atom stereocenters. The van der Waals surface area contributed by atoms with Gasteiger partial charge in [0.15, 0.2) is 12.2 Å². The van der Waals surface area contributed by atoms with Crippen molar-refractivity contribution in [2.75, 3.05) is 13.1 Å². The van der Waals surface area contributed by atoms with E-state index in [1.54, 1.807) is 37.4 Å². The summed E-state index contributed by atoms with van der Waals surface area (Å²) in [6, 6.07) is 26.2. The van der Waals surface area contributed by atoms with Gasteiger partial charge in [-0.1, -0.05) is 55.7 Å². The summed E-state index contributed by atoms with van der Waals surface area (Å²) in [6.45, 7) is 20.6. The van der Waals surface area contributed by atoms with Crippen LogP contribution >= 0.6 is 23.5 Å². The molecule has 0 aliphatic heterocycles. The van der Waals surface area contributed by atoms with E-state index in [-0.39, 0.29) is 62.3 Å². The SMILES string of the molecule is C.C.C.C.CCNC1Cc2ccc(SC(C)(C)C(C)=O)cc2C1.CCN[C@@H]1Cc2ccc(SC(C)(C)C(C)=O)cc2C1.C[C@@H](Oc1ccc(O)cc1)C(=O)O.C[C@@H](Oc1ccc(O)cc1)C(=O)O. The highest BCUT2D eigenvalue weighted by Crippen LogP contribution is 2.37. The lowest BCUT2D eigenvalue weighted by Gasteiger charge is -2.20. The van der Waals surface area contributed by atoms with E-state index in [0.717, 1.165) is 38.8 Å². The minimum Gasteiger partial charge on any atom is -0.508 e. The molecular weight excluding hydrogens is 901 g/mol. The molecule has 1 unspecified atom stereocenters. The number of carbonyl (C=O) groups excluding carboxylic acids is 2. The highest BCUT2D eigenvalue weighted by atomic mass is 32.2. The summed E-state index contributed by atoms with van der Waals surface area (Å²) in [4.78, 5) is 46.4. The zero-order valence-electron chi connectivity index (χ0n) is 38.7. The second kappa shape index (κ2) is 30.5. The maximum Gasteiger partial charge on any atom is 0.344 e. The smallest absolute Gasteiger partial charge is 0.344 e. The molecule has 12 nitrogen and oxygen atoms in total. The molecule has 6 rings (SSSR count). The van der Waals surface area contributed by atoms with Gasteiger partial charge in [-0.2, -0.15) is 0 Å². The Bertz CT molecular complexity index is 2010. The van der Waals surface area contributed by atoms with Crippen LogP contribution in [0.4, 0.5) is 0 Å². The van der Waals surface area contributed by atoms with E-state index in [2.05, 4.69) is 60.9 Å². The number of ether oxygens (including phenoxy) is 2. The molecular formula is C54H82N2O10S2. The van der Waals surface area contributed by atoms with Crippen molar-refractivity contribution in [3.05, 3.63) is 107 Å². The first-order valence-corrected chi connectivity index (χ1v) is 23.1. The van der Waals surface area contributed by atoms with Crippen LogP contribution in [0.2, 0.25) is 0 Å². The lowest BCUT2D eigenvalue weighted by atomic mass is 10.1. The van der Waals surface area contributed by atoms with E-state index >= 15 is 0 Å². The lowest BCUT2D eigenvalue weighted by Crippen LogP contribution is -2.28. The van der Waals surface area contributed by atoms with E-state index in [1.807, 2.05) is 27.7 Å². The minimum atomic E-state index is -1.02. The highest BCUT2D eigenvalue weighted by molar-refractivity contribution is 8.01. The number of fused-ring (bicyclic) bond motifs is 2. The van der Waals surface area contributed by atoms with E-state index < -0.39 is 24.1 Å². The molecule has 0 aromatic heterocycles. The highest BCUT2D eigenvalue weighted by Gasteiger charge is 2.28. The van der Waals surface area contributed by atoms with Gasteiger partial charge in [0.25, 0.3) is 0 Å². The van der Waals surface area contributed by atoms with Gasteiger partial charge in [0, 0.05) is 21.9 Å². The summed E-state index contributed by atoms with van der Waals surface area (Å²) in [5, 5.41) is 41.9. The number of hydrogen-bond acceptors (Lipinski definition) is 12. The Hall–Kier alpha value is -5.02. The van der Waals surface area contributed by atoms with Crippen molar-refractivity contribution in [3.63, 3.8) is 0 Å². The fourth-order valence-corrected chi connectivity index (χ4v) is 8.61. The number of carbonyl (C=O) groups is 4. The number of phenols is 2. The Morgan fingerprint density at radius 1 is 0.559 bits per heavy atom. The number of rotatable bonds is 16. The topological polar surface area (TPSA) is 192 Å². The van der Waals surface area contributed by atoms with Crippen molar-refractivity contribution in [2.24, 2.45) is 0 Å². The minimum absolute atomic E-state index is 0. The fraction of sp³-hybridized carbons (Fsp3) is 0.481. The van der Waals surface area contributed by atoms with E-state index in [4.69, 9.17) is 29.9 Å². The van der Waals surface area contributed by atoms with E-state index in [0.29, 0.717) is 23.6 Å². The Morgan fingerprint density at radius 3 is 1.12 bits per heavy atom. The number of carboxylic acids is 2. The lowest BCUT2D eigenvalue weighted by molar-refractivity contribution is -0.145. The monoisotopic (exact) mass is 983 g/mol. The first kappa shape index (κ1) is 65.1. The largest absolute Gasteiger partial charge is 0.508 e. The number of aromatic hydroxyl groups is 2. The van der Waals surface area contributed by atoms with Gasteiger partial charge < -0.3 is 40.5 Å². The number of ketones is 2. The third kappa shape index (κ3) is 21.5. The number of hydrogen-bond donors (Lipinski definition) is 6. The van der Waals surface area contributed by atoms with Crippen molar-refractivity contribution in [2.45, 2.75) is 168 Å². The Labute approximate surface area is 416 Å². The molecule has 0 fully saturated rings. The third-order valence-corrected chi connectivity index (χ3v) is 13.2. The zero-order chi connectivity index (χ0) is 47.8. The predicted octanol–water partition coefficient (Wildman–Crippen LogP) is 11.5. The molecule has 4 aromatic rings. The van der Waals surface area contributed by atoms with Gasteiger partial charge in [-0.05, 0) is 189 Å². The summed E-state index contributed by atoms with van der Waals surface area (Å²) >= 11 is 3.33. The summed E-state index contributed by atoms with van der Waals surface area (Å²) in [6.07, 6.45) is 2.71. The van der Waals surface area contributed by atoms with Crippen molar-refractivity contribution < 1.29 is 49.1 Å². The number of phenolic OH excluding ortho intramolecular Hbond substituents is 2. The predicted molar refractivity (Wildman–Crippen MR) is 282 cm³/mol. The molecule has 0 saturated heterocycles. The summed E-state index contributed by atoms with van der Waals surface area (Å²) < 4.78 is 9.36. The van der Waals surface area contributed by atoms with E-state index in [9.17, 15) is 19.2 Å². The van der Waals surface area contributed by atoms with Gasteiger partial charge in [0.1, 0.15) is 34.6 Å². The molecule has 14 heteroatoms. The van der Waals surface area contributed by atoms with Gasteiger partial charge >= 0.3 is 11.9 Å². The standard InChI is InChI=1S/2C16H23NOS.2C9H10O4.4CH4/c2*1-5-17-14-8-12-6-7-15(10-13(12)9-14)19-16(3,4)11(2)18;2*1-6(9(11)12)13-8-4-2-7(10)3-5-8;;;;/h2*6-7,10,14,17H,5,8-9H2,1-4H3;2*2-6,10H,1H3,(H,11,12);4*1H4/t14-;;2*6-;;;;/m1.11..../s1. The normalized spacial score (nSPS) is 14.9. The van der Waals surface area contributed by atoms with Crippen LogP contribution in [0.5, 0.6) is 23.0 Å². The molecule has 0 radical (unpaired) electrons. The van der Waals surface area contributed by atoms with Crippen LogP contribution in [0, 0.1) is 0 Å². The Balaban J connectivity index is 0. The first-order chi connectivity index (χ1) is 30.0. The molecule has 2 aliphatic rings. The molecule has 0 amide bonds. The number of likely N-dealkylation sites (N-methyl/N-ethyl adjacent to an activating group) is 2. The van der Waals surface area contributed by atoms with Crippen LogP contribution in [-0.2, 0) is 44.9 Å². The van der Waals surface area contributed by atoms with Crippen LogP contribution in [0.1, 0.15) is 121 Å². The molecule has 0 saturated carbocycles. The Morgan fingerprint density at radius 2 is 0.853 bits per heavy atom. The second-order valence-electron chi connectivity index (χ2n) is 16.7. The maximum atomic E-state index is 11.6. The number of aliphatic carboxylic acids is 2. The maximum absolute atomic E-state index is 11.6. The zero-order valence-corrected chi connectivity index (χ0v) is 40.3. The third-order valence-electron chi connectivity index (χ3n) is 10.6. The van der Waals surface area contributed by atoms with Gasteiger partial charge in [-0.25, -0.2) is 9.59 Å². The molecule has 0 heterocycles. The molecule has 2 aliphatic carbocycles. The second-order valence-corrected chi connectivity index (χ2v) is 20.1. The molecule has 380 valence electrons. The first-order valence-electron chi connectivity index (χ1n) is 21.5. The molecule has 6 N–H and O–H groups in total. The number of Topliss-reactive ketones (excluding diaryl/α,β-unsaturated/α-hetero) is 2. The molecule has 0 bridgehead atoms. The molecule has 68 heavy (non-hydrogen) atoms.